The zero-order valence-electron chi connectivity index (χ0n) is 12.1. The van der Waals surface area contributed by atoms with E-state index in [1.807, 2.05) is 6.92 Å². The molecule has 1 heterocycles. The number of nitrogens with one attached hydrogen (secondary N) is 1. The van der Waals surface area contributed by atoms with Crippen molar-refractivity contribution in [1.29, 1.82) is 5.26 Å². The first kappa shape index (κ1) is 14.9. The molecule has 0 bridgehead atoms. The summed E-state index contributed by atoms with van der Waals surface area (Å²) in [5.74, 6) is -0.661. The van der Waals surface area contributed by atoms with Gasteiger partial charge in [-0.3, -0.25) is 14.5 Å². The van der Waals surface area contributed by atoms with Gasteiger partial charge >= 0.3 is 0 Å². The van der Waals surface area contributed by atoms with Crippen molar-refractivity contribution in [3.8, 4) is 6.07 Å². The maximum absolute atomic E-state index is 12.3. The summed E-state index contributed by atoms with van der Waals surface area (Å²) in [6.07, 6.45) is 0.701. The number of hydrogen-bond acceptors (Lipinski definition) is 4. The Kier molecular flexibility index (Phi) is 4.51. The summed E-state index contributed by atoms with van der Waals surface area (Å²) in [5.41, 5.74) is 2.20. The number of hydrogen-bond donors (Lipinski definition) is 1. The van der Waals surface area contributed by atoms with Crippen molar-refractivity contribution in [1.82, 2.24) is 10.2 Å². The zero-order valence-corrected chi connectivity index (χ0v) is 12.1. The van der Waals surface area contributed by atoms with Crippen molar-refractivity contribution in [3.63, 3.8) is 0 Å². The van der Waals surface area contributed by atoms with Gasteiger partial charge in [0.25, 0.3) is 11.8 Å². The third-order valence-electron chi connectivity index (χ3n) is 3.57. The highest BCUT2D eigenvalue weighted by Crippen LogP contribution is 2.24. The summed E-state index contributed by atoms with van der Waals surface area (Å²) >= 11 is 0. The molecule has 0 spiro atoms. The van der Waals surface area contributed by atoms with Crippen LogP contribution in [0.3, 0.4) is 0 Å². The van der Waals surface area contributed by atoms with Crippen LogP contribution < -0.4 is 5.32 Å². The van der Waals surface area contributed by atoms with Gasteiger partial charge in [-0.2, -0.15) is 5.26 Å². The van der Waals surface area contributed by atoms with Crippen LogP contribution in [-0.4, -0.2) is 36.9 Å². The Hall–Kier alpha value is -2.45. The molecular weight excluding hydrogens is 266 g/mol. The number of likely N-dealkylation sites (N-methyl/N-ethyl adjacent to an activating group) is 1. The highest BCUT2D eigenvalue weighted by atomic mass is 16.2. The summed E-state index contributed by atoms with van der Waals surface area (Å²) in [6.45, 7) is 2.56. The monoisotopic (exact) mass is 283 g/mol. The van der Waals surface area contributed by atoms with Gasteiger partial charge in [-0.15, -0.1) is 0 Å². The maximum atomic E-state index is 12.3. The fraction of sp³-hybridized carbons (Fsp3) is 0.312. The fourth-order valence-corrected chi connectivity index (χ4v) is 2.43. The van der Waals surface area contributed by atoms with Crippen LogP contribution in [0.2, 0.25) is 0 Å². The molecule has 2 rings (SSSR count). The lowest BCUT2D eigenvalue weighted by molar-refractivity contribution is 0.0669. The first-order valence-corrected chi connectivity index (χ1v) is 6.84. The number of benzene rings is 1. The largest absolute Gasteiger partial charge is 0.316 e. The third-order valence-corrected chi connectivity index (χ3v) is 3.57. The molecule has 2 amide bonds. The van der Waals surface area contributed by atoms with Crippen LogP contribution in [0.15, 0.2) is 35.4 Å². The van der Waals surface area contributed by atoms with Gasteiger partial charge in [-0.25, -0.2) is 0 Å². The van der Waals surface area contributed by atoms with E-state index >= 15 is 0 Å². The molecule has 0 radical (unpaired) electrons. The number of nitrogens with zero attached hydrogens (tertiary/aromatic N) is 2. The van der Waals surface area contributed by atoms with Gasteiger partial charge in [-0.1, -0.05) is 19.1 Å². The van der Waals surface area contributed by atoms with Gasteiger partial charge in [0, 0.05) is 12.1 Å². The van der Waals surface area contributed by atoms with Crippen LogP contribution in [-0.2, 0) is 0 Å². The van der Waals surface area contributed by atoms with Crippen LogP contribution in [0.4, 0.5) is 0 Å². The molecule has 0 saturated heterocycles. The van der Waals surface area contributed by atoms with Crippen molar-refractivity contribution in [2.75, 3.05) is 20.1 Å². The summed E-state index contributed by atoms with van der Waals surface area (Å²) in [6, 6.07) is 8.86. The van der Waals surface area contributed by atoms with Crippen LogP contribution in [0.1, 0.15) is 34.1 Å². The molecule has 0 saturated carbocycles. The van der Waals surface area contributed by atoms with Crippen LogP contribution in [0, 0.1) is 11.3 Å². The molecule has 1 aromatic carbocycles. The van der Waals surface area contributed by atoms with Crippen molar-refractivity contribution >= 4 is 11.8 Å². The lowest BCUT2D eigenvalue weighted by Crippen LogP contribution is -2.32. The highest BCUT2D eigenvalue weighted by Gasteiger charge is 2.35. The minimum absolute atomic E-state index is 0.0354. The van der Waals surface area contributed by atoms with Crippen LogP contribution in [0.25, 0.3) is 0 Å². The number of nitriles is 1. The molecule has 1 N–H and O–H groups in total. The number of rotatable bonds is 5. The van der Waals surface area contributed by atoms with E-state index in [9.17, 15) is 14.9 Å². The van der Waals surface area contributed by atoms with E-state index in [2.05, 4.69) is 11.4 Å². The van der Waals surface area contributed by atoms with Crippen molar-refractivity contribution < 1.29 is 9.59 Å². The second-order valence-corrected chi connectivity index (χ2v) is 4.82. The molecule has 0 aromatic heterocycles. The minimum Gasteiger partial charge on any atom is -0.316 e. The van der Waals surface area contributed by atoms with Gasteiger partial charge < -0.3 is 5.32 Å². The molecular formula is C16H17N3O2. The molecule has 1 aliphatic heterocycles. The van der Waals surface area contributed by atoms with E-state index in [0.717, 1.165) is 10.5 Å². The SMILES string of the molecule is CC/C(CNC)=C(/C#N)CN1C(=O)c2ccccc2C1=O. The normalized spacial score (nSPS) is 14.8. The molecule has 5 heteroatoms. The van der Waals surface area contributed by atoms with Gasteiger partial charge in [0.05, 0.1) is 23.7 Å². The van der Waals surface area contributed by atoms with Crippen molar-refractivity contribution in [2.45, 2.75) is 13.3 Å². The standard InChI is InChI=1S/C16H17N3O2/c1-3-11(9-18-2)12(8-17)10-19-15(20)13-6-4-5-7-14(13)16(19)21/h4-7,18H,3,9-10H2,1-2H3/b12-11+. The topological polar surface area (TPSA) is 73.2 Å². The number of carbonyl (C=O) groups is 2. The van der Waals surface area contributed by atoms with Gasteiger partial charge in [0.2, 0.25) is 0 Å². The van der Waals surface area contributed by atoms with E-state index in [1.165, 1.54) is 0 Å². The zero-order chi connectivity index (χ0) is 15.4. The third kappa shape index (κ3) is 2.71. The highest BCUT2D eigenvalue weighted by molar-refractivity contribution is 6.21. The fourth-order valence-electron chi connectivity index (χ4n) is 2.43. The van der Waals surface area contributed by atoms with Crippen molar-refractivity contribution in [2.24, 2.45) is 0 Å². The lowest BCUT2D eigenvalue weighted by atomic mass is 10.1. The van der Waals surface area contributed by atoms with Crippen molar-refractivity contribution in [3.05, 3.63) is 46.5 Å². The van der Waals surface area contributed by atoms with Crippen LogP contribution >= 0.6 is 0 Å². The quantitative estimate of drug-likeness (QED) is 0.660. The molecule has 108 valence electrons. The first-order valence-electron chi connectivity index (χ1n) is 6.84. The molecule has 1 aliphatic rings. The summed E-state index contributed by atoms with van der Waals surface area (Å²) in [7, 11) is 1.80. The molecule has 0 atom stereocenters. The van der Waals surface area contributed by atoms with Gasteiger partial charge in [0.1, 0.15) is 0 Å². The summed E-state index contributed by atoms with van der Waals surface area (Å²) < 4.78 is 0. The molecule has 0 fully saturated rings. The van der Waals surface area contributed by atoms with Crippen LogP contribution in [0.5, 0.6) is 0 Å². The Bertz CT molecular complexity index is 621. The summed E-state index contributed by atoms with van der Waals surface area (Å²) in [5, 5.41) is 12.3. The number of carbonyl (C=O) groups excluding carboxylic acids is 2. The molecule has 0 aliphatic carbocycles. The van der Waals surface area contributed by atoms with E-state index in [1.54, 1.807) is 31.3 Å². The Morgan fingerprint density at radius 2 is 1.81 bits per heavy atom. The van der Waals surface area contributed by atoms with Gasteiger partial charge in [0.15, 0.2) is 0 Å². The smallest absolute Gasteiger partial charge is 0.261 e. The number of fused-ring (bicyclic) bond motifs is 1. The Balaban J connectivity index is 2.31. The average Bonchev–Trinajstić information content (AvgIpc) is 2.75. The van der Waals surface area contributed by atoms with E-state index in [4.69, 9.17) is 0 Å². The van der Waals surface area contributed by atoms with E-state index in [0.29, 0.717) is 29.7 Å². The molecule has 0 unspecified atom stereocenters. The van der Waals surface area contributed by atoms with Gasteiger partial charge in [-0.05, 0) is 31.2 Å². The lowest BCUT2D eigenvalue weighted by Gasteiger charge is -2.15. The number of imide groups is 1. The predicted octanol–water partition coefficient (Wildman–Crippen LogP) is 1.73. The number of amides is 2. The Morgan fingerprint density at radius 3 is 2.24 bits per heavy atom. The predicted molar refractivity (Wildman–Crippen MR) is 78.7 cm³/mol. The van der Waals surface area contributed by atoms with E-state index in [-0.39, 0.29) is 18.4 Å². The van der Waals surface area contributed by atoms with E-state index < -0.39 is 0 Å². The minimum atomic E-state index is -0.330. The second-order valence-electron chi connectivity index (χ2n) is 4.82. The summed E-state index contributed by atoms with van der Waals surface area (Å²) in [4.78, 5) is 25.7. The Morgan fingerprint density at radius 1 is 1.24 bits per heavy atom. The molecule has 1 aromatic rings. The second kappa shape index (κ2) is 6.33. The first-order chi connectivity index (χ1) is 10.1. The molecule has 5 nitrogen and oxygen atoms in total. The average molecular weight is 283 g/mol. The Labute approximate surface area is 123 Å². The maximum Gasteiger partial charge on any atom is 0.261 e. The molecule has 21 heavy (non-hydrogen) atoms.